The second kappa shape index (κ2) is 5.92. The maximum Gasteiger partial charge on any atom is 0.129 e. The highest BCUT2D eigenvalue weighted by Gasteiger charge is 2.09. The van der Waals surface area contributed by atoms with Gasteiger partial charge in [-0.3, -0.25) is 5.41 Å². The maximum absolute atomic E-state index is 7.54. The summed E-state index contributed by atoms with van der Waals surface area (Å²) in [5.74, 6) is 0.818. The Kier molecular flexibility index (Phi) is 4.25. The Bertz CT molecular complexity index is 640. The highest BCUT2D eigenvalue weighted by Crippen LogP contribution is 2.20. The van der Waals surface area contributed by atoms with Crippen molar-refractivity contribution in [3.63, 3.8) is 0 Å². The van der Waals surface area contributed by atoms with Gasteiger partial charge in [-0.2, -0.15) is 0 Å². The lowest BCUT2D eigenvalue weighted by Gasteiger charge is -2.20. The van der Waals surface area contributed by atoms with Crippen molar-refractivity contribution in [2.45, 2.75) is 13.5 Å². The van der Waals surface area contributed by atoms with Crippen LogP contribution < -0.4 is 10.6 Å². The van der Waals surface area contributed by atoms with Gasteiger partial charge in [0.25, 0.3) is 0 Å². The molecule has 20 heavy (non-hydrogen) atoms. The molecule has 104 valence electrons. The van der Waals surface area contributed by atoms with Crippen LogP contribution in [0.5, 0.6) is 0 Å². The molecule has 0 aliphatic rings. The quantitative estimate of drug-likeness (QED) is 0.671. The van der Waals surface area contributed by atoms with E-state index in [1.807, 2.05) is 49.2 Å². The minimum absolute atomic E-state index is 0.0443. The summed E-state index contributed by atoms with van der Waals surface area (Å²) in [6.07, 6.45) is 0. The number of halogens is 1. The van der Waals surface area contributed by atoms with Crippen molar-refractivity contribution in [1.82, 2.24) is 4.98 Å². The zero-order chi connectivity index (χ0) is 14.7. The molecule has 0 amide bonds. The zero-order valence-electron chi connectivity index (χ0n) is 11.5. The Morgan fingerprint density at radius 1 is 1.35 bits per heavy atom. The summed E-state index contributed by atoms with van der Waals surface area (Å²) >= 11 is 6.17. The average molecular weight is 289 g/mol. The van der Waals surface area contributed by atoms with Crippen LogP contribution in [0.2, 0.25) is 5.02 Å². The van der Waals surface area contributed by atoms with Crippen molar-refractivity contribution in [3.05, 3.63) is 58.2 Å². The first kappa shape index (κ1) is 14.3. The fraction of sp³-hybridized carbons (Fsp3) is 0.200. The van der Waals surface area contributed by atoms with Crippen molar-refractivity contribution in [2.75, 3.05) is 11.9 Å². The Balaban J connectivity index is 2.27. The summed E-state index contributed by atoms with van der Waals surface area (Å²) < 4.78 is 0. The van der Waals surface area contributed by atoms with E-state index in [0.717, 1.165) is 22.1 Å². The van der Waals surface area contributed by atoms with Crippen LogP contribution in [0.3, 0.4) is 0 Å². The standard InChI is InChI=1S/C15H17ClN4/c1-10-7-12(15(17)18)8-14(19-10)20(2)9-11-5-3-4-6-13(11)16/h3-8H,9H2,1-2H3,(H3,17,18). The van der Waals surface area contributed by atoms with E-state index >= 15 is 0 Å². The number of benzene rings is 1. The Morgan fingerprint density at radius 2 is 2.05 bits per heavy atom. The monoisotopic (exact) mass is 288 g/mol. The van der Waals surface area contributed by atoms with Crippen LogP contribution in [0, 0.1) is 12.3 Å². The molecule has 0 unspecified atom stereocenters. The third-order valence-corrected chi connectivity index (χ3v) is 3.38. The number of hydrogen-bond donors (Lipinski definition) is 2. The van der Waals surface area contributed by atoms with E-state index in [1.165, 1.54) is 0 Å². The number of rotatable bonds is 4. The smallest absolute Gasteiger partial charge is 0.129 e. The Hall–Kier alpha value is -2.07. The molecule has 0 radical (unpaired) electrons. The number of nitrogens with one attached hydrogen (secondary N) is 1. The predicted molar refractivity (Wildman–Crippen MR) is 83.5 cm³/mol. The summed E-state index contributed by atoms with van der Waals surface area (Å²) in [5.41, 5.74) is 8.09. The molecule has 0 aliphatic carbocycles. The van der Waals surface area contributed by atoms with Crippen LogP contribution in [0.15, 0.2) is 36.4 Å². The van der Waals surface area contributed by atoms with E-state index in [1.54, 1.807) is 6.07 Å². The van der Waals surface area contributed by atoms with Gasteiger partial charge >= 0.3 is 0 Å². The Labute approximate surface area is 123 Å². The molecule has 1 aromatic heterocycles. The molecular weight excluding hydrogens is 272 g/mol. The second-order valence-electron chi connectivity index (χ2n) is 4.72. The minimum atomic E-state index is 0.0443. The molecule has 3 N–H and O–H groups in total. The molecule has 0 bridgehead atoms. The van der Waals surface area contributed by atoms with Gasteiger partial charge in [-0.15, -0.1) is 0 Å². The van der Waals surface area contributed by atoms with Gasteiger partial charge in [0, 0.05) is 29.9 Å². The number of nitrogens with two attached hydrogens (primary N) is 1. The normalized spacial score (nSPS) is 10.3. The van der Waals surface area contributed by atoms with E-state index < -0.39 is 0 Å². The molecule has 5 heteroatoms. The maximum atomic E-state index is 7.54. The third-order valence-electron chi connectivity index (χ3n) is 3.01. The summed E-state index contributed by atoms with van der Waals surface area (Å²) in [4.78, 5) is 6.46. The van der Waals surface area contributed by atoms with Crippen molar-refractivity contribution >= 4 is 23.3 Å². The number of nitrogens with zero attached hydrogens (tertiary/aromatic N) is 2. The largest absolute Gasteiger partial charge is 0.384 e. The van der Waals surface area contributed by atoms with Crippen LogP contribution >= 0.6 is 11.6 Å². The first-order valence-electron chi connectivity index (χ1n) is 6.25. The lowest BCUT2D eigenvalue weighted by Crippen LogP contribution is -2.20. The number of amidine groups is 1. The topological polar surface area (TPSA) is 66.0 Å². The van der Waals surface area contributed by atoms with Crippen molar-refractivity contribution in [2.24, 2.45) is 5.73 Å². The Morgan fingerprint density at radius 3 is 2.70 bits per heavy atom. The van der Waals surface area contributed by atoms with Crippen molar-refractivity contribution < 1.29 is 0 Å². The highest BCUT2D eigenvalue weighted by atomic mass is 35.5. The van der Waals surface area contributed by atoms with Gasteiger partial charge in [-0.05, 0) is 30.7 Å². The summed E-state index contributed by atoms with van der Waals surface area (Å²) in [7, 11) is 1.94. The van der Waals surface area contributed by atoms with Gasteiger partial charge < -0.3 is 10.6 Å². The van der Waals surface area contributed by atoms with E-state index in [4.69, 9.17) is 22.7 Å². The molecule has 0 saturated carbocycles. The van der Waals surface area contributed by atoms with Gasteiger partial charge in [0.15, 0.2) is 0 Å². The molecule has 2 aromatic rings. The van der Waals surface area contributed by atoms with E-state index in [9.17, 15) is 0 Å². The van der Waals surface area contributed by atoms with E-state index in [2.05, 4.69) is 4.98 Å². The van der Waals surface area contributed by atoms with Gasteiger partial charge in [-0.1, -0.05) is 29.8 Å². The first-order chi connectivity index (χ1) is 9.47. The number of nitrogen functional groups attached to an aromatic ring is 1. The number of aryl methyl sites for hydroxylation is 1. The SMILES string of the molecule is Cc1cc(C(=N)N)cc(N(C)Cc2ccccc2Cl)n1. The van der Waals surface area contributed by atoms with Gasteiger partial charge in [0.2, 0.25) is 0 Å². The molecule has 0 fully saturated rings. The third kappa shape index (κ3) is 3.27. The fourth-order valence-electron chi connectivity index (χ4n) is 1.97. The molecule has 1 aromatic carbocycles. The summed E-state index contributed by atoms with van der Waals surface area (Å²) in [5, 5.41) is 8.27. The molecule has 0 spiro atoms. The summed E-state index contributed by atoms with van der Waals surface area (Å²) in [6, 6.07) is 11.3. The molecule has 0 aliphatic heterocycles. The van der Waals surface area contributed by atoms with Crippen molar-refractivity contribution in [1.29, 1.82) is 5.41 Å². The predicted octanol–water partition coefficient (Wildman–Crippen LogP) is 2.96. The lowest BCUT2D eigenvalue weighted by molar-refractivity contribution is 0.892. The number of anilines is 1. The lowest BCUT2D eigenvalue weighted by atomic mass is 10.2. The van der Waals surface area contributed by atoms with Crippen LogP contribution in [0.4, 0.5) is 5.82 Å². The van der Waals surface area contributed by atoms with Crippen molar-refractivity contribution in [3.8, 4) is 0 Å². The van der Waals surface area contributed by atoms with Gasteiger partial charge in [-0.25, -0.2) is 4.98 Å². The molecule has 0 atom stereocenters. The fourth-order valence-corrected chi connectivity index (χ4v) is 2.16. The first-order valence-corrected chi connectivity index (χ1v) is 6.63. The van der Waals surface area contributed by atoms with Crippen LogP contribution in [0.25, 0.3) is 0 Å². The van der Waals surface area contributed by atoms with Gasteiger partial charge in [0.05, 0.1) is 0 Å². The van der Waals surface area contributed by atoms with E-state index in [0.29, 0.717) is 12.1 Å². The van der Waals surface area contributed by atoms with Crippen LogP contribution in [-0.4, -0.2) is 17.9 Å². The second-order valence-corrected chi connectivity index (χ2v) is 5.12. The summed E-state index contributed by atoms with van der Waals surface area (Å²) in [6.45, 7) is 2.53. The highest BCUT2D eigenvalue weighted by molar-refractivity contribution is 6.31. The minimum Gasteiger partial charge on any atom is -0.384 e. The average Bonchev–Trinajstić information content (AvgIpc) is 2.40. The zero-order valence-corrected chi connectivity index (χ0v) is 12.3. The van der Waals surface area contributed by atoms with E-state index in [-0.39, 0.29) is 5.84 Å². The molecule has 1 heterocycles. The molecule has 4 nitrogen and oxygen atoms in total. The molecule has 0 saturated heterocycles. The van der Waals surface area contributed by atoms with Crippen LogP contribution in [-0.2, 0) is 6.54 Å². The van der Waals surface area contributed by atoms with Crippen LogP contribution in [0.1, 0.15) is 16.8 Å². The number of pyridine rings is 1. The molecule has 2 rings (SSSR count). The number of aromatic nitrogens is 1. The van der Waals surface area contributed by atoms with Gasteiger partial charge in [0.1, 0.15) is 11.7 Å². The molecular formula is C15H17ClN4. The number of hydrogen-bond acceptors (Lipinski definition) is 3.